The topological polar surface area (TPSA) is 112 Å². The predicted molar refractivity (Wildman–Crippen MR) is 108 cm³/mol. The average molecular weight is 475 g/mol. The van der Waals surface area contributed by atoms with Crippen LogP contribution >= 0.6 is 0 Å². The zero-order valence-electron chi connectivity index (χ0n) is 17.4. The van der Waals surface area contributed by atoms with Crippen LogP contribution in [0.5, 0.6) is 0 Å². The molecule has 5 aliphatic rings. The van der Waals surface area contributed by atoms with Crippen LogP contribution in [0.25, 0.3) is 0 Å². The van der Waals surface area contributed by atoms with Gasteiger partial charge in [-0.3, -0.25) is 4.79 Å². The van der Waals surface area contributed by atoms with Crippen molar-refractivity contribution < 1.29 is 31.5 Å². The van der Waals surface area contributed by atoms with Crippen molar-refractivity contribution in [2.45, 2.75) is 55.8 Å². The maximum absolute atomic E-state index is 13.8. The predicted octanol–water partition coefficient (Wildman–Crippen LogP) is 1.86. The summed E-state index contributed by atoms with van der Waals surface area (Å²) in [6.45, 7) is -0.328. The second kappa shape index (κ2) is 7.02. The summed E-state index contributed by atoms with van der Waals surface area (Å²) in [5.41, 5.74) is -3.37. The van der Waals surface area contributed by atoms with Gasteiger partial charge in [-0.1, -0.05) is 0 Å². The zero-order chi connectivity index (χ0) is 22.9. The van der Waals surface area contributed by atoms with Crippen molar-refractivity contribution in [1.82, 2.24) is 14.9 Å². The van der Waals surface area contributed by atoms with E-state index in [0.29, 0.717) is 18.3 Å². The van der Waals surface area contributed by atoms with Gasteiger partial charge in [0.2, 0.25) is 5.95 Å². The van der Waals surface area contributed by atoms with Gasteiger partial charge in [-0.25, -0.2) is 18.4 Å². The molecule has 0 aromatic carbocycles. The number of halogens is 3. The first kappa shape index (κ1) is 21.9. The highest BCUT2D eigenvalue weighted by Gasteiger charge is 2.57. The fourth-order valence-corrected chi connectivity index (χ4v) is 7.70. The van der Waals surface area contributed by atoms with Gasteiger partial charge in [-0.2, -0.15) is 13.2 Å². The minimum Gasteiger partial charge on any atom is -0.390 e. The number of carbonyl (C=O) groups excluding carboxylic acids is 1. The summed E-state index contributed by atoms with van der Waals surface area (Å²) in [7, 11) is -3.29. The van der Waals surface area contributed by atoms with Gasteiger partial charge < -0.3 is 15.3 Å². The fraction of sp³-hybridized carbons (Fsp3) is 0.750. The second-order valence-electron chi connectivity index (χ2n) is 9.99. The first-order chi connectivity index (χ1) is 14.9. The molecule has 4 saturated carbocycles. The number of alkyl halides is 3. The van der Waals surface area contributed by atoms with E-state index in [0.717, 1.165) is 43.2 Å². The Kier molecular flexibility index (Phi) is 4.80. The Labute approximate surface area is 183 Å². The maximum atomic E-state index is 13.8. The lowest BCUT2D eigenvalue weighted by Gasteiger charge is -2.60. The number of nitrogens with zero attached hydrogens (tertiary/aromatic N) is 3. The summed E-state index contributed by atoms with van der Waals surface area (Å²) >= 11 is 0. The zero-order valence-corrected chi connectivity index (χ0v) is 18.2. The van der Waals surface area contributed by atoms with Crippen LogP contribution in [-0.2, 0) is 16.0 Å². The summed E-state index contributed by atoms with van der Waals surface area (Å²) in [6.07, 6.45) is 0.408. The third-order valence-corrected chi connectivity index (χ3v) is 8.94. The number of aliphatic hydroxyl groups is 1. The first-order valence-corrected chi connectivity index (χ1v) is 12.6. The number of sulfone groups is 1. The number of anilines is 1. The molecule has 4 bridgehead atoms. The van der Waals surface area contributed by atoms with E-state index in [-0.39, 0.29) is 30.5 Å². The van der Waals surface area contributed by atoms with Crippen LogP contribution in [0.2, 0.25) is 0 Å². The van der Waals surface area contributed by atoms with Crippen molar-refractivity contribution in [1.29, 1.82) is 0 Å². The minimum absolute atomic E-state index is 0.164. The summed E-state index contributed by atoms with van der Waals surface area (Å²) < 4.78 is 64.6. The van der Waals surface area contributed by atoms with E-state index in [1.54, 1.807) is 0 Å². The van der Waals surface area contributed by atoms with Gasteiger partial charge in [0.05, 0.1) is 22.7 Å². The summed E-state index contributed by atoms with van der Waals surface area (Å²) in [6, 6.07) is 0. The average Bonchev–Trinajstić information content (AvgIpc) is 2.64. The van der Waals surface area contributed by atoms with Crippen LogP contribution in [-0.4, -0.2) is 70.0 Å². The lowest BCUT2D eigenvalue weighted by Crippen LogP contribution is -2.62. The molecule has 1 aromatic heterocycles. The number of hydrogen-bond donors (Lipinski definition) is 2. The molecule has 1 aliphatic heterocycles. The van der Waals surface area contributed by atoms with Gasteiger partial charge in [0.1, 0.15) is 0 Å². The summed E-state index contributed by atoms with van der Waals surface area (Å²) in [5.74, 6) is -1.05. The third-order valence-electron chi connectivity index (χ3n) is 7.33. The van der Waals surface area contributed by atoms with Crippen molar-refractivity contribution in [3.05, 3.63) is 17.5 Å². The lowest BCUT2D eigenvalue weighted by atomic mass is 9.51. The summed E-state index contributed by atoms with van der Waals surface area (Å²) in [5, 5.41) is 14.0. The summed E-state index contributed by atoms with van der Waals surface area (Å²) in [4.78, 5) is 21.6. The van der Waals surface area contributed by atoms with Gasteiger partial charge >= 0.3 is 6.18 Å². The molecule has 0 spiro atoms. The molecule has 2 heterocycles. The molecule has 6 rings (SSSR count). The Morgan fingerprint density at radius 3 is 2.34 bits per heavy atom. The van der Waals surface area contributed by atoms with E-state index < -0.39 is 44.3 Å². The van der Waals surface area contributed by atoms with Crippen LogP contribution in [0, 0.1) is 11.8 Å². The Morgan fingerprint density at radius 2 is 1.78 bits per heavy atom. The molecule has 4 aliphatic carbocycles. The Bertz CT molecular complexity index is 1030. The van der Waals surface area contributed by atoms with Crippen LogP contribution in [0.4, 0.5) is 19.1 Å². The van der Waals surface area contributed by atoms with Gasteiger partial charge in [-0.15, -0.1) is 0 Å². The molecule has 1 saturated heterocycles. The number of amides is 1. The number of rotatable bonds is 3. The van der Waals surface area contributed by atoms with Crippen molar-refractivity contribution in [3.8, 4) is 0 Å². The van der Waals surface area contributed by atoms with Crippen molar-refractivity contribution in [3.63, 3.8) is 0 Å². The molecular weight excluding hydrogens is 449 g/mol. The molecule has 12 heteroatoms. The van der Waals surface area contributed by atoms with Gasteiger partial charge in [0.15, 0.2) is 15.5 Å². The lowest BCUT2D eigenvalue weighted by molar-refractivity contribution is -0.141. The number of hydrogen-bond acceptors (Lipinski definition) is 7. The molecule has 2 atom stereocenters. The molecular formula is C20H25F3N4O4S. The van der Waals surface area contributed by atoms with Gasteiger partial charge in [-0.05, 0) is 50.4 Å². The molecule has 176 valence electrons. The van der Waals surface area contributed by atoms with E-state index >= 15 is 0 Å². The molecule has 5 fully saturated rings. The molecule has 1 aromatic rings. The van der Waals surface area contributed by atoms with E-state index in [1.165, 1.54) is 0 Å². The standard InChI is InChI=1S/C20H25F3N4O4S/c21-20(22,23)15-14(16(28)27-1-3-32(30,31)4-2-27)10-24-17(25-15)26-18-6-12-5-13(7-18)9-19(29,8-12)11-18/h10,12-13,29H,1-9,11H2,(H,24,25,26). The normalized spacial score (nSPS) is 35.7. The molecule has 32 heavy (non-hydrogen) atoms. The quantitative estimate of drug-likeness (QED) is 0.688. The SMILES string of the molecule is O=C(c1cnc(NC23CC4CC(CC(O)(C4)C2)C3)nc1C(F)(F)F)N1CCS(=O)(=O)CC1. The Hall–Kier alpha value is -1.95. The van der Waals surface area contributed by atoms with Crippen LogP contribution in [0.3, 0.4) is 0 Å². The molecule has 1 amide bonds. The van der Waals surface area contributed by atoms with Crippen LogP contribution < -0.4 is 5.32 Å². The number of carbonyl (C=O) groups is 1. The highest BCUT2D eigenvalue weighted by Crippen LogP contribution is 2.58. The highest BCUT2D eigenvalue weighted by molar-refractivity contribution is 7.91. The van der Waals surface area contributed by atoms with Gasteiger partial charge in [0, 0.05) is 24.8 Å². The van der Waals surface area contributed by atoms with Crippen LogP contribution in [0.15, 0.2) is 6.20 Å². The highest BCUT2D eigenvalue weighted by atomic mass is 32.2. The third kappa shape index (κ3) is 3.95. The largest absolute Gasteiger partial charge is 0.434 e. The molecule has 0 radical (unpaired) electrons. The molecule has 2 unspecified atom stereocenters. The van der Waals surface area contributed by atoms with E-state index in [4.69, 9.17) is 0 Å². The second-order valence-corrected chi connectivity index (χ2v) is 12.3. The van der Waals surface area contributed by atoms with Gasteiger partial charge in [0.25, 0.3) is 5.91 Å². The van der Waals surface area contributed by atoms with E-state index in [9.17, 15) is 31.5 Å². The molecule has 2 N–H and O–H groups in total. The minimum atomic E-state index is -4.88. The number of nitrogens with one attached hydrogen (secondary N) is 1. The monoisotopic (exact) mass is 474 g/mol. The smallest absolute Gasteiger partial charge is 0.390 e. The van der Waals surface area contributed by atoms with E-state index in [1.807, 2.05) is 0 Å². The fourth-order valence-electron chi connectivity index (χ4n) is 6.50. The molecule has 8 nitrogen and oxygen atoms in total. The van der Waals surface area contributed by atoms with Crippen molar-refractivity contribution >= 4 is 21.7 Å². The Balaban J connectivity index is 1.42. The number of aromatic nitrogens is 2. The maximum Gasteiger partial charge on any atom is 0.434 e. The Morgan fingerprint density at radius 1 is 1.16 bits per heavy atom. The first-order valence-electron chi connectivity index (χ1n) is 10.8. The van der Waals surface area contributed by atoms with Crippen molar-refractivity contribution in [2.24, 2.45) is 11.8 Å². The van der Waals surface area contributed by atoms with Crippen LogP contribution in [0.1, 0.15) is 54.6 Å². The van der Waals surface area contributed by atoms with Crippen molar-refractivity contribution in [2.75, 3.05) is 29.9 Å². The van der Waals surface area contributed by atoms with E-state index in [2.05, 4.69) is 15.3 Å².